The minimum absolute atomic E-state index is 0.0102. The summed E-state index contributed by atoms with van der Waals surface area (Å²) in [5.74, 6) is -2.76. The Morgan fingerprint density at radius 1 is 1.38 bits per heavy atom. The van der Waals surface area contributed by atoms with Crippen LogP contribution < -0.4 is 4.72 Å². The lowest BCUT2D eigenvalue weighted by molar-refractivity contribution is 0.0916. The van der Waals surface area contributed by atoms with Crippen molar-refractivity contribution in [1.82, 2.24) is 4.72 Å². The second kappa shape index (κ2) is 6.35. The summed E-state index contributed by atoms with van der Waals surface area (Å²) < 4.78 is 59.2. The molecular formula is C13H17F2NO4S. The van der Waals surface area contributed by atoms with Crippen molar-refractivity contribution in [1.29, 1.82) is 0 Å². The Labute approximate surface area is 122 Å². The Bertz CT molecular complexity index is 621. The van der Waals surface area contributed by atoms with Gasteiger partial charge in [-0.1, -0.05) is 0 Å². The topological polar surface area (TPSA) is 75.6 Å². The number of hydrogen-bond acceptors (Lipinski definition) is 4. The first kappa shape index (κ1) is 16.3. The van der Waals surface area contributed by atoms with Gasteiger partial charge in [0.25, 0.3) is 0 Å². The third-order valence-electron chi connectivity index (χ3n) is 3.59. The zero-order valence-electron chi connectivity index (χ0n) is 11.5. The van der Waals surface area contributed by atoms with Crippen LogP contribution in [-0.2, 0) is 21.4 Å². The van der Waals surface area contributed by atoms with Crippen molar-refractivity contribution in [2.75, 3.05) is 7.11 Å². The number of nitrogens with one attached hydrogen (secondary N) is 1. The van der Waals surface area contributed by atoms with Crippen molar-refractivity contribution >= 4 is 10.0 Å². The number of ether oxygens (including phenoxy) is 1. The first-order valence-corrected chi connectivity index (χ1v) is 8.01. The maximum atomic E-state index is 13.8. The first-order chi connectivity index (χ1) is 9.89. The summed E-state index contributed by atoms with van der Waals surface area (Å²) in [6.07, 6.45) is 1.78. The second-order valence-corrected chi connectivity index (χ2v) is 6.66. The van der Waals surface area contributed by atoms with E-state index in [-0.39, 0.29) is 11.7 Å². The van der Waals surface area contributed by atoms with Crippen LogP contribution in [0, 0.1) is 11.6 Å². The van der Waals surface area contributed by atoms with Crippen molar-refractivity contribution in [2.45, 2.75) is 42.9 Å². The number of halogens is 2. The van der Waals surface area contributed by atoms with Crippen molar-refractivity contribution in [2.24, 2.45) is 0 Å². The van der Waals surface area contributed by atoms with E-state index in [1.165, 1.54) is 7.11 Å². The van der Waals surface area contributed by atoms with Gasteiger partial charge in [0, 0.05) is 13.2 Å². The van der Waals surface area contributed by atoms with Gasteiger partial charge in [0.15, 0.2) is 11.6 Å². The highest BCUT2D eigenvalue weighted by Gasteiger charge is 2.33. The van der Waals surface area contributed by atoms with Gasteiger partial charge in [0.1, 0.15) is 4.90 Å². The monoisotopic (exact) mass is 321 g/mol. The van der Waals surface area contributed by atoms with E-state index in [0.717, 1.165) is 18.6 Å². The zero-order valence-corrected chi connectivity index (χ0v) is 12.3. The van der Waals surface area contributed by atoms with Crippen LogP contribution in [0.1, 0.15) is 24.8 Å². The molecule has 1 aromatic rings. The van der Waals surface area contributed by atoms with Crippen molar-refractivity contribution in [3.63, 3.8) is 0 Å². The normalized spacial score (nSPS) is 22.7. The van der Waals surface area contributed by atoms with Gasteiger partial charge in [-0.3, -0.25) is 0 Å². The summed E-state index contributed by atoms with van der Waals surface area (Å²) in [5.41, 5.74) is -0.0102. The molecule has 2 N–H and O–H groups in total. The predicted molar refractivity (Wildman–Crippen MR) is 71.0 cm³/mol. The number of hydrogen-bond donors (Lipinski definition) is 2. The molecular weight excluding hydrogens is 304 g/mol. The lowest BCUT2D eigenvalue weighted by Gasteiger charge is -2.20. The van der Waals surface area contributed by atoms with Crippen LogP contribution >= 0.6 is 0 Å². The molecule has 0 heterocycles. The van der Waals surface area contributed by atoms with Crippen LogP contribution in [0.5, 0.6) is 0 Å². The summed E-state index contributed by atoms with van der Waals surface area (Å²) in [5, 5.41) is 8.98. The summed E-state index contributed by atoms with van der Waals surface area (Å²) in [6, 6.07) is 1.22. The predicted octanol–water partition coefficient (Wildman–Crippen LogP) is 1.30. The lowest BCUT2D eigenvalue weighted by atomic mass is 10.2. The molecule has 1 saturated carbocycles. The molecule has 1 aromatic carbocycles. The largest absolute Gasteiger partial charge is 0.392 e. The van der Waals surface area contributed by atoms with E-state index >= 15 is 0 Å². The highest BCUT2D eigenvalue weighted by atomic mass is 32.2. The van der Waals surface area contributed by atoms with E-state index in [1.54, 1.807) is 0 Å². The molecule has 0 spiro atoms. The highest BCUT2D eigenvalue weighted by Crippen LogP contribution is 2.25. The maximum Gasteiger partial charge on any atom is 0.243 e. The van der Waals surface area contributed by atoms with E-state index in [1.807, 2.05) is 0 Å². The Balaban J connectivity index is 2.33. The molecule has 0 aromatic heterocycles. The average Bonchev–Trinajstić information content (AvgIpc) is 2.87. The van der Waals surface area contributed by atoms with Gasteiger partial charge >= 0.3 is 0 Å². The van der Waals surface area contributed by atoms with Gasteiger partial charge < -0.3 is 9.84 Å². The van der Waals surface area contributed by atoms with Crippen LogP contribution in [0.4, 0.5) is 8.78 Å². The van der Waals surface area contributed by atoms with Crippen LogP contribution in [0.15, 0.2) is 17.0 Å². The lowest BCUT2D eigenvalue weighted by Crippen LogP contribution is -2.41. The van der Waals surface area contributed by atoms with E-state index < -0.39 is 39.2 Å². The molecule has 2 unspecified atom stereocenters. The number of aliphatic hydroxyl groups is 1. The molecule has 1 aliphatic carbocycles. The van der Waals surface area contributed by atoms with E-state index in [0.29, 0.717) is 12.8 Å². The molecule has 0 saturated heterocycles. The Morgan fingerprint density at radius 2 is 2.10 bits per heavy atom. The average molecular weight is 321 g/mol. The molecule has 0 aliphatic heterocycles. The van der Waals surface area contributed by atoms with Gasteiger partial charge in [-0.2, -0.15) is 0 Å². The number of benzene rings is 1. The fourth-order valence-electron chi connectivity index (χ4n) is 2.51. The molecule has 8 heteroatoms. The summed E-state index contributed by atoms with van der Waals surface area (Å²) >= 11 is 0. The maximum absolute atomic E-state index is 13.8. The first-order valence-electron chi connectivity index (χ1n) is 6.53. The number of methoxy groups -OCH3 is 1. The Kier molecular flexibility index (Phi) is 4.92. The molecule has 0 amide bonds. The van der Waals surface area contributed by atoms with Crippen LogP contribution in [0.3, 0.4) is 0 Å². The number of rotatable bonds is 5. The molecule has 1 aliphatic rings. The van der Waals surface area contributed by atoms with Gasteiger partial charge in [-0.25, -0.2) is 21.9 Å². The highest BCUT2D eigenvalue weighted by molar-refractivity contribution is 7.89. The fourth-order valence-corrected chi connectivity index (χ4v) is 3.94. The minimum atomic E-state index is -4.23. The molecule has 1 fully saturated rings. The standard InChI is InChI=1S/C13H17F2NO4S/c1-20-11-4-2-3-10(11)16-21(18,19)12-6-8(7-17)5-9(14)13(12)15/h5-6,10-11,16-17H,2-4,7H2,1H3. The second-order valence-electron chi connectivity index (χ2n) is 4.98. The van der Waals surface area contributed by atoms with Crippen molar-refractivity contribution < 1.29 is 27.0 Å². The van der Waals surface area contributed by atoms with E-state index in [4.69, 9.17) is 9.84 Å². The number of sulfonamides is 1. The van der Waals surface area contributed by atoms with Crippen LogP contribution in [-0.4, -0.2) is 32.8 Å². The van der Waals surface area contributed by atoms with Crippen molar-refractivity contribution in [3.05, 3.63) is 29.3 Å². The van der Waals surface area contributed by atoms with Gasteiger partial charge in [-0.15, -0.1) is 0 Å². The van der Waals surface area contributed by atoms with Gasteiger partial charge in [-0.05, 0) is 37.0 Å². The molecule has 2 rings (SSSR count). The van der Waals surface area contributed by atoms with Crippen LogP contribution in [0.2, 0.25) is 0 Å². The SMILES string of the molecule is COC1CCCC1NS(=O)(=O)c1cc(CO)cc(F)c1F. The molecule has 2 atom stereocenters. The Morgan fingerprint density at radius 3 is 2.71 bits per heavy atom. The summed E-state index contributed by atoms with van der Waals surface area (Å²) in [6.45, 7) is -0.580. The van der Waals surface area contributed by atoms with Crippen molar-refractivity contribution in [3.8, 4) is 0 Å². The number of aliphatic hydroxyl groups excluding tert-OH is 1. The third-order valence-corrected chi connectivity index (χ3v) is 5.08. The summed E-state index contributed by atoms with van der Waals surface area (Å²) in [7, 11) is -2.75. The molecule has 21 heavy (non-hydrogen) atoms. The molecule has 0 radical (unpaired) electrons. The minimum Gasteiger partial charge on any atom is -0.392 e. The third kappa shape index (κ3) is 3.39. The zero-order chi connectivity index (χ0) is 15.6. The van der Waals surface area contributed by atoms with E-state index in [2.05, 4.69) is 4.72 Å². The molecule has 5 nitrogen and oxygen atoms in total. The quantitative estimate of drug-likeness (QED) is 0.857. The molecule has 118 valence electrons. The van der Waals surface area contributed by atoms with Crippen LogP contribution in [0.25, 0.3) is 0 Å². The van der Waals surface area contributed by atoms with Gasteiger partial charge in [0.05, 0.1) is 12.7 Å². The summed E-state index contributed by atoms with van der Waals surface area (Å²) in [4.78, 5) is -0.798. The smallest absolute Gasteiger partial charge is 0.243 e. The fraction of sp³-hybridized carbons (Fsp3) is 0.538. The Hall–Kier alpha value is -1.09. The molecule has 0 bridgehead atoms. The van der Waals surface area contributed by atoms with E-state index in [9.17, 15) is 17.2 Å². The van der Waals surface area contributed by atoms with Gasteiger partial charge in [0.2, 0.25) is 10.0 Å².